The van der Waals surface area contributed by atoms with E-state index >= 15 is 0 Å². The van der Waals surface area contributed by atoms with E-state index in [9.17, 15) is 4.79 Å². The molecule has 1 aliphatic rings. The highest BCUT2D eigenvalue weighted by atomic mass is 35.5. The van der Waals surface area contributed by atoms with Crippen LogP contribution in [0.25, 0.3) is 0 Å². The molecule has 0 bridgehead atoms. The van der Waals surface area contributed by atoms with Gasteiger partial charge in [0.05, 0.1) is 0 Å². The van der Waals surface area contributed by atoms with Crippen molar-refractivity contribution in [2.24, 2.45) is 0 Å². The Balaban J connectivity index is 0.00000242. The van der Waals surface area contributed by atoms with Crippen LogP contribution in [0, 0.1) is 13.8 Å². The van der Waals surface area contributed by atoms with Crippen molar-refractivity contribution in [1.29, 1.82) is 0 Å². The number of benzene rings is 1. The van der Waals surface area contributed by atoms with Crippen LogP contribution >= 0.6 is 12.4 Å². The first-order valence-electron chi connectivity index (χ1n) is 7.73. The van der Waals surface area contributed by atoms with Crippen LogP contribution in [-0.2, 0) is 4.79 Å². The van der Waals surface area contributed by atoms with Gasteiger partial charge in [0, 0.05) is 26.2 Å². The van der Waals surface area contributed by atoms with Crippen LogP contribution in [0.1, 0.15) is 24.5 Å². The molecule has 0 radical (unpaired) electrons. The minimum absolute atomic E-state index is 0. The normalized spacial score (nSPS) is 17.6. The Morgan fingerprint density at radius 2 is 1.73 bits per heavy atom. The SMILES string of the molecule is CCC(C(=O)Oc1c(C)cccc1C)N1CCN(C)CC1.Cl. The molecule has 0 saturated carbocycles. The number of rotatable bonds is 4. The number of aryl methyl sites for hydroxylation is 2. The minimum atomic E-state index is -0.141. The number of esters is 1. The monoisotopic (exact) mass is 326 g/mol. The molecule has 1 atom stereocenters. The average Bonchev–Trinajstić information content (AvgIpc) is 2.46. The second-order valence-electron chi connectivity index (χ2n) is 5.91. The third-order valence-corrected chi connectivity index (χ3v) is 4.25. The fraction of sp³-hybridized carbons (Fsp3) is 0.588. The lowest BCUT2D eigenvalue weighted by Gasteiger charge is -2.36. The van der Waals surface area contributed by atoms with Crippen LogP contribution in [0.5, 0.6) is 5.75 Å². The number of hydrogen-bond acceptors (Lipinski definition) is 4. The van der Waals surface area contributed by atoms with Crippen LogP contribution in [0.3, 0.4) is 0 Å². The number of nitrogens with zero attached hydrogens (tertiary/aromatic N) is 2. The lowest BCUT2D eigenvalue weighted by molar-refractivity contribution is -0.141. The molecule has 2 rings (SSSR count). The number of piperazine rings is 1. The van der Waals surface area contributed by atoms with E-state index in [1.807, 2.05) is 32.0 Å². The van der Waals surface area contributed by atoms with Crippen LogP contribution in [0.15, 0.2) is 18.2 Å². The van der Waals surface area contributed by atoms with Crippen molar-refractivity contribution in [1.82, 2.24) is 9.80 Å². The first kappa shape index (κ1) is 18.9. The standard InChI is InChI=1S/C17H26N2O2.ClH/c1-5-15(19-11-9-18(4)10-12-19)17(20)21-16-13(2)7-6-8-14(16)3;/h6-8,15H,5,9-12H2,1-4H3;1H. The number of para-hydroxylation sites is 1. The highest BCUT2D eigenvalue weighted by molar-refractivity contribution is 5.85. The largest absolute Gasteiger partial charge is 0.425 e. The van der Waals surface area contributed by atoms with Crippen molar-refractivity contribution >= 4 is 18.4 Å². The molecule has 22 heavy (non-hydrogen) atoms. The van der Waals surface area contributed by atoms with Crippen molar-refractivity contribution < 1.29 is 9.53 Å². The molecular formula is C17H27ClN2O2. The quantitative estimate of drug-likeness (QED) is 0.629. The predicted molar refractivity (Wildman–Crippen MR) is 91.9 cm³/mol. The highest BCUT2D eigenvalue weighted by Crippen LogP contribution is 2.23. The van der Waals surface area contributed by atoms with Gasteiger partial charge in [-0.25, -0.2) is 4.79 Å². The second-order valence-corrected chi connectivity index (χ2v) is 5.91. The Morgan fingerprint density at radius 1 is 1.18 bits per heavy atom. The second kappa shape index (κ2) is 8.51. The summed E-state index contributed by atoms with van der Waals surface area (Å²) >= 11 is 0. The minimum Gasteiger partial charge on any atom is -0.425 e. The number of carbonyl (C=O) groups excluding carboxylic acids is 1. The Hall–Kier alpha value is -1.10. The number of halogens is 1. The smallest absolute Gasteiger partial charge is 0.328 e. The van der Waals surface area contributed by atoms with E-state index in [4.69, 9.17) is 4.74 Å². The maximum absolute atomic E-state index is 12.6. The van der Waals surface area contributed by atoms with E-state index < -0.39 is 0 Å². The Labute approximate surface area is 139 Å². The van der Waals surface area contributed by atoms with Gasteiger partial charge < -0.3 is 9.64 Å². The zero-order valence-corrected chi connectivity index (χ0v) is 14.8. The zero-order valence-electron chi connectivity index (χ0n) is 14.0. The summed E-state index contributed by atoms with van der Waals surface area (Å²) in [5.74, 6) is 0.592. The molecule has 1 heterocycles. The Bertz CT molecular complexity index is 479. The van der Waals surface area contributed by atoms with Gasteiger partial charge in [-0.15, -0.1) is 12.4 Å². The zero-order chi connectivity index (χ0) is 15.4. The molecule has 1 aromatic rings. The van der Waals surface area contributed by atoms with Crippen LogP contribution in [0.4, 0.5) is 0 Å². The lowest BCUT2D eigenvalue weighted by Crippen LogP contribution is -2.52. The molecule has 124 valence electrons. The predicted octanol–water partition coefficient (Wildman–Crippen LogP) is 2.66. The molecule has 4 nitrogen and oxygen atoms in total. The molecule has 0 aromatic heterocycles. The van der Waals surface area contributed by atoms with Gasteiger partial charge in [-0.05, 0) is 38.4 Å². The summed E-state index contributed by atoms with van der Waals surface area (Å²) in [5, 5.41) is 0. The molecular weight excluding hydrogens is 300 g/mol. The maximum Gasteiger partial charge on any atom is 0.328 e. The molecule has 1 aromatic carbocycles. The van der Waals surface area contributed by atoms with Crippen LogP contribution in [0.2, 0.25) is 0 Å². The number of likely N-dealkylation sites (N-methyl/N-ethyl adjacent to an activating group) is 1. The van der Waals surface area contributed by atoms with E-state index in [0.717, 1.165) is 49.5 Å². The summed E-state index contributed by atoms with van der Waals surface area (Å²) in [6.07, 6.45) is 0.785. The molecule has 0 spiro atoms. The molecule has 0 amide bonds. The van der Waals surface area contributed by atoms with Gasteiger partial charge in [0.2, 0.25) is 0 Å². The molecule has 1 fully saturated rings. The van der Waals surface area contributed by atoms with Crippen molar-refractivity contribution in [3.8, 4) is 5.75 Å². The third-order valence-electron chi connectivity index (χ3n) is 4.25. The summed E-state index contributed by atoms with van der Waals surface area (Å²) in [7, 11) is 2.12. The maximum atomic E-state index is 12.6. The fourth-order valence-electron chi connectivity index (χ4n) is 2.84. The van der Waals surface area contributed by atoms with Gasteiger partial charge in [0.1, 0.15) is 11.8 Å². The van der Waals surface area contributed by atoms with E-state index in [-0.39, 0.29) is 24.4 Å². The van der Waals surface area contributed by atoms with Crippen molar-refractivity contribution in [3.05, 3.63) is 29.3 Å². The summed E-state index contributed by atoms with van der Waals surface area (Å²) in [4.78, 5) is 17.1. The Kier molecular flexibility index (Phi) is 7.33. The molecule has 5 heteroatoms. The van der Waals surface area contributed by atoms with Crippen molar-refractivity contribution in [3.63, 3.8) is 0 Å². The average molecular weight is 327 g/mol. The van der Waals surface area contributed by atoms with E-state index in [1.54, 1.807) is 0 Å². The third kappa shape index (κ3) is 4.45. The van der Waals surface area contributed by atoms with Crippen molar-refractivity contribution in [2.75, 3.05) is 33.2 Å². The number of hydrogen-bond donors (Lipinski definition) is 0. The summed E-state index contributed by atoms with van der Waals surface area (Å²) in [5.41, 5.74) is 2.02. The van der Waals surface area contributed by atoms with Crippen LogP contribution in [-0.4, -0.2) is 55.0 Å². The lowest BCUT2D eigenvalue weighted by atomic mass is 10.1. The van der Waals surface area contributed by atoms with Gasteiger partial charge in [-0.1, -0.05) is 25.1 Å². The first-order valence-corrected chi connectivity index (χ1v) is 7.73. The van der Waals surface area contributed by atoms with Gasteiger partial charge in [0.15, 0.2) is 0 Å². The molecule has 1 unspecified atom stereocenters. The number of ether oxygens (including phenoxy) is 1. The topological polar surface area (TPSA) is 32.8 Å². The summed E-state index contributed by atoms with van der Waals surface area (Å²) in [6.45, 7) is 9.88. The van der Waals surface area contributed by atoms with Gasteiger partial charge in [-0.2, -0.15) is 0 Å². The highest BCUT2D eigenvalue weighted by Gasteiger charge is 2.28. The first-order chi connectivity index (χ1) is 10.0. The van der Waals surface area contributed by atoms with E-state index in [2.05, 4.69) is 23.8 Å². The van der Waals surface area contributed by atoms with Gasteiger partial charge in [-0.3, -0.25) is 4.90 Å². The molecule has 1 saturated heterocycles. The van der Waals surface area contributed by atoms with E-state index in [0.29, 0.717) is 0 Å². The fourth-order valence-corrected chi connectivity index (χ4v) is 2.84. The van der Waals surface area contributed by atoms with E-state index in [1.165, 1.54) is 0 Å². The van der Waals surface area contributed by atoms with Crippen LogP contribution < -0.4 is 4.74 Å². The van der Waals surface area contributed by atoms with Gasteiger partial charge in [0.25, 0.3) is 0 Å². The summed E-state index contributed by atoms with van der Waals surface area (Å²) in [6, 6.07) is 5.80. The molecule has 1 aliphatic heterocycles. The molecule has 0 aliphatic carbocycles. The number of carbonyl (C=O) groups is 1. The van der Waals surface area contributed by atoms with Gasteiger partial charge >= 0.3 is 5.97 Å². The molecule has 0 N–H and O–H groups in total. The van der Waals surface area contributed by atoms with Crippen molar-refractivity contribution in [2.45, 2.75) is 33.2 Å². The Morgan fingerprint density at radius 3 is 2.23 bits per heavy atom. The summed E-state index contributed by atoms with van der Waals surface area (Å²) < 4.78 is 5.71.